The monoisotopic (exact) mass is 295 g/mol. The topological polar surface area (TPSA) is 96.3 Å². The van der Waals surface area contributed by atoms with Gasteiger partial charge >= 0.3 is 5.97 Å². The molecule has 0 saturated carbocycles. The largest absolute Gasteiger partial charge is 0.493 e. The molecule has 0 aliphatic carbocycles. The van der Waals surface area contributed by atoms with Crippen LogP contribution in [0.15, 0.2) is 12.1 Å². The number of aliphatic hydroxyl groups excluding tert-OH is 1. The summed E-state index contributed by atoms with van der Waals surface area (Å²) in [5.74, 6) is -0.857. The van der Waals surface area contributed by atoms with Gasteiger partial charge in [-0.25, -0.2) is 0 Å². The molecule has 7 nitrogen and oxygen atoms in total. The van der Waals surface area contributed by atoms with Crippen LogP contribution in [0.25, 0.3) is 0 Å². The number of aliphatic hydroxyl groups is 1. The fourth-order valence-electron chi connectivity index (χ4n) is 2.25. The first-order chi connectivity index (χ1) is 10.0. The van der Waals surface area contributed by atoms with Gasteiger partial charge in [-0.15, -0.1) is 0 Å². The average molecular weight is 295 g/mol. The number of carbonyl (C=O) groups is 2. The van der Waals surface area contributed by atoms with Crippen molar-refractivity contribution in [2.45, 2.75) is 26.1 Å². The van der Waals surface area contributed by atoms with Gasteiger partial charge in [0.15, 0.2) is 17.6 Å². The van der Waals surface area contributed by atoms with E-state index in [0.717, 1.165) is 4.90 Å². The Morgan fingerprint density at radius 3 is 2.71 bits per heavy atom. The molecule has 21 heavy (non-hydrogen) atoms. The number of hydrogen-bond acceptors (Lipinski definition) is 5. The first-order valence-corrected chi connectivity index (χ1v) is 6.53. The van der Waals surface area contributed by atoms with E-state index >= 15 is 0 Å². The fourth-order valence-corrected chi connectivity index (χ4v) is 2.25. The molecule has 2 N–H and O–H groups in total. The molecule has 0 fully saturated rings. The quantitative estimate of drug-likeness (QED) is 0.833. The molecular formula is C14H17NO6. The number of hydrogen-bond donors (Lipinski definition) is 2. The maximum Gasteiger partial charge on any atom is 0.323 e. The number of nitrogens with zero attached hydrogens (tertiary/aromatic N) is 1. The number of carboxylic acids is 1. The zero-order chi connectivity index (χ0) is 15.6. The number of benzene rings is 1. The molecule has 0 saturated heterocycles. The summed E-state index contributed by atoms with van der Waals surface area (Å²) in [7, 11) is 1.44. The second-order valence-electron chi connectivity index (χ2n) is 4.64. The second-order valence-corrected chi connectivity index (χ2v) is 4.64. The third-order valence-electron chi connectivity index (χ3n) is 3.25. The number of ether oxygens (including phenoxy) is 2. The number of carboxylic acid groups (broad SMARTS) is 1. The Morgan fingerprint density at radius 1 is 1.48 bits per heavy atom. The van der Waals surface area contributed by atoms with Crippen LogP contribution in [0.5, 0.6) is 11.5 Å². The van der Waals surface area contributed by atoms with Crippen LogP contribution in [-0.2, 0) is 16.2 Å². The number of rotatable bonds is 5. The summed E-state index contributed by atoms with van der Waals surface area (Å²) in [4.78, 5) is 24.4. The summed E-state index contributed by atoms with van der Waals surface area (Å²) in [6.45, 7) is 1.06. The lowest BCUT2D eigenvalue weighted by atomic mass is 10.1. The Balaban J connectivity index is 2.58. The van der Waals surface area contributed by atoms with Gasteiger partial charge in [-0.2, -0.15) is 0 Å². The van der Waals surface area contributed by atoms with Crippen molar-refractivity contribution in [2.75, 3.05) is 18.6 Å². The van der Waals surface area contributed by atoms with Gasteiger partial charge in [0.05, 0.1) is 19.4 Å². The normalized spacial score (nSPS) is 17.2. The molecule has 1 amide bonds. The molecule has 0 bridgehead atoms. The van der Waals surface area contributed by atoms with E-state index in [1.807, 2.05) is 0 Å². The highest BCUT2D eigenvalue weighted by atomic mass is 16.5. The van der Waals surface area contributed by atoms with Crippen molar-refractivity contribution in [3.05, 3.63) is 17.7 Å². The molecule has 0 radical (unpaired) electrons. The Labute approximate surface area is 121 Å². The lowest BCUT2D eigenvalue weighted by Crippen LogP contribution is -2.47. The van der Waals surface area contributed by atoms with Crippen LogP contribution < -0.4 is 14.4 Å². The summed E-state index contributed by atoms with van der Waals surface area (Å²) in [5, 5.41) is 18.3. The molecule has 1 unspecified atom stereocenters. The highest BCUT2D eigenvalue weighted by molar-refractivity contribution is 6.03. The maximum atomic E-state index is 12.3. The van der Waals surface area contributed by atoms with Crippen molar-refractivity contribution < 1.29 is 29.3 Å². The Kier molecular flexibility index (Phi) is 4.32. The molecule has 1 aliphatic heterocycles. The van der Waals surface area contributed by atoms with Crippen molar-refractivity contribution in [2.24, 2.45) is 0 Å². The van der Waals surface area contributed by atoms with Gasteiger partial charge in [0.2, 0.25) is 0 Å². The molecule has 1 aromatic rings. The van der Waals surface area contributed by atoms with E-state index in [4.69, 9.17) is 14.6 Å². The molecule has 2 rings (SSSR count). The predicted molar refractivity (Wildman–Crippen MR) is 73.6 cm³/mol. The van der Waals surface area contributed by atoms with Crippen molar-refractivity contribution >= 4 is 17.6 Å². The number of amides is 1. The lowest BCUT2D eigenvalue weighted by molar-refractivity contribution is -0.137. The fraction of sp³-hybridized carbons (Fsp3) is 0.429. The van der Waals surface area contributed by atoms with Crippen LogP contribution >= 0.6 is 0 Å². The van der Waals surface area contributed by atoms with Crippen LogP contribution in [0.3, 0.4) is 0 Å². The summed E-state index contributed by atoms with van der Waals surface area (Å²) >= 11 is 0. The Morgan fingerprint density at radius 2 is 2.19 bits per heavy atom. The lowest BCUT2D eigenvalue weighted by Gasteiger charge is -2.34. The van der Waals surface area contributed by atoms with Crippen LogP contribution in [-0.4, -0.2) is 41.8 Å². The van der Waals surface area contributed by atoms with Crippen molar-refractivity contribution in [3.8, 4) is 11.5 Å². The summed E-state index contributed by atoms with van der Waals surface area (Å²) in [5.41, 5.74) is 0.808. The van der Waals surface area contributed by atoms with E-state index in [2.05, 4.69) is 0 Å². The minimum Gasteiger partial charge on any atom is -0.493 e. The molecule has 0 spiro atoms. The van der Waals surface area contributed by atoms with Gasteiger partial charge in [-0.1, -0.05) is 6.92 Å². The van der Waals surface area contributed by atoms with Crippen molar-refractivity contribution in [3.63, 3.8) is 0 Å². The zero-order valence-electron chi connectivity index (χ0n) is 11.8. The average Bonchev–Trinajstić information content (AvgIpc) is 2.48. The van der Waals surface area contributed by atoms with Crippen LogP contribution in [0.1, 0.15) is 18.9 Å². The van der Waals surface area contributed by atoms with Gasteiger partial charge in [-0.3, -0.25) is 14.5 Å². The van der Waals surface area contributed by atoms with Gasteiger partial charge < -0.3 is 19.7 Å². The summed E-state index contributed by atoms with van der Waals surface area (Å²) < 4.78 is 10.9. The molecule has 7 heteroatoms. The van der Waals surface area contributed by atoms with Crippen LogP contribution in [0.2, 0.25) is 0 Å². The van der Waals surface area contributed by atoms with Crippen LogP contribution in [0.4, 0.5) is 5.69 Å². The van der Waals surface area contributed by atoms with E-state index in [-0.39, 0.29) is 6.61 Å². The molecule has 1 aliphatic rings. The smallest absolute Gasteiger partial charge is 0.323 e. The van der Waals surface area contributed by atoms with E-state index < -0.39 is 24.5 Å². The molecular weight excluding hydrogens is 278 g/mol. The minimum absolute atomic E-state index is 0.254. The zero-order valence-corrected chi connectivity index (χ0v) is 11.8. The van der Waals surface area contributed by atoms with E-state index in [1.165, 1.54) is 13.2 Å². The highest BCUT2D eigenvalue weighted by Gasteiger charge is 2.36. The molecule has 0 aromatic heterocycles. The third-order valence-corrected chi connectivity index (χ3v) is 3.25. The van der Waals surface area contributed by atoms with E-state index in [9.17, 15) is 14.7 Å². The molecule has 114 valence electrons. The van der Waals surface area contributed by atoms with Crippen molar-refractivity contribution in [1.29, 1.82) is 0 Å². The first kappa shape index (κ1) is 15.1. The predicted octanol–water partition coefficient (Wildman–Crippen LogP) is 0.776. The van der Waals surface area contributed by atoms with Gasteiger partial charge in [0.1, 0.15) is 6.54 Å². The van der Waals surface area contributed by atoms with E-state index in [1.54, 1.807) is 13.0 Å². The van der Waals surface area contributed by atoms with Gasteiger partial charge in [-0.05, 0) is 24.1 Å². The van der Waals surface area contributed by atoms with Crippen LogP contribution in [0, 0.1) is 0 Å². The van der Waals surface area contributed by atoms with Gasteiger partial charge in [0.25, 0.3) is 5.91 Å². The minimum atomic E-state index is -1.13. The SMILES string of the molecule is CCC1Oc2c(OC)cc(CO)cc2N(CC(=O)O)C1=O. The van der Waals surface area contributed by atoms with E-state index in [0.29, 0.717) is 29.2 Å². The summed E-state index contributed by atoms with van der Waals surface area (Å²) in [6.07, 6.45) is -0.329. The number of aliphatic carboxylic acids is 1. The number of carbonyl (C=O) groups excluding carboxylic acids is 1. The molecule has 1 aromatic carbocycles. The number of methoxy groups -OCH3 is 1. The standard InChI is InChI=1S/C14H17NO6/c1-3-10-14(19)15(6-12(17)18)9-4-8(7-16)5-11(20-2)13(9)21-10/h4-5,10,16H,3,6-7H2,1-2H3,(H,17,18). The highest BCUT2D eigenvalue weighted by Crippen LogP contribution is 2.43. The summed E-state index contributed by atoms with van der Waals surface area (Å²) in [6, 6.07) is 3.13. The Hall–Kier alpha value is -2.28. The second kappa shape index (κ2) is 6.01. The van der Waals surface area contributed by atoms with Crippen molar-refractivity contribution in [1.82, 2.24) is 0 Å². The Bertz CT molecular complexity index is 571. The first-order valence-electron chi connectivity index (χ1n) is 6.53. The number of fused-ring (bicyclic) bond motifs is 1. The third kappa shape index (κ3) is 2.78. The molecule has 1 atom stereocenters. The molecule has 1 heterocycles. The number of anilines is 1. The van der Waals surface area contributed by atoms with Gasteiger partial charge in [0, 0.05) is 0 Å². The maximum absolute atomic E-state index is 12.3.